The van der Waals surface area contributed by atoms with Crippen LogP contribution in [-0.4, -0.2) is 52.4 Å². The van der Waals surface area contributed by atoms with Crippen molar-refractivity contribution >= 4 is 17.3 Å². The second-order valence-corrected chi connectivity index (χ2v) is 4.87. The second kappa shape index (κ2) is 7.80. The Bertz CT molecular complexity index is 551. The highest BCUT2D eigenvalue weighted by atomic mass is 16.5. The number of fused-ring (bicyclic) bond motifs is 1. The van der Waals surface area contributed by atoms with Crippen molar-refractivity contribution in [3.63, 3.8) is 0 Å². The highest BCUT2D eigenvalue weighted by molar-refractivity contribution is 5.65. The molecule has 116 valence electrons. The number of rotatable bonds is 9. The maximum Gasteiger partial charge on any atom is 0.180 e. The van der Waals surface area contributed by atoms with Crippen LogP contribution in [0.3, 0.4) is 0 Å². The molecular weight excluding hydrogens is 270 g/mol. The molecule has 2 aromatic rings. The number of aliphatic hydroxyl groups excluding tert-OH is 1. The molecule has 0 radical (unpaired) electrons. The van der Waals surface area contributed by atoms with Crippen LogP contribution in [0.5, 0.6) is 0 Å². The molecular formula is C14H23N5O2. The molecule has 0 saturated heterocycles. The predicted molar refractivity (Wildman–Crippen MR) is 82.8 cm³/mol. The monoisotopic (exact) mass is 293 g/mol. The summed E-state index contributed by atoms with van der Waals surface area (Å²) in [4.78, 5) is 8.89. The van der Waals surface area contributed by atoms with Gasteiger partial charge in [0.25, 0.3) is 0 Å². The average molecular weight is 293 g/mol. The van der Waals surface area contributed by atoms with E-state index in [0.29, 0.717) is 18.8 Å². The Morgan fingerprint density at radius 1 is 1.48 bits per heavy atom. The highest BCUT2D eigenvalue weighted by Crippen LogP contribution is 2.18. The third-order valence-electron chi connectivity index (χ3n) is 3.12. The van der Waals surface area contributed by atoms with E-state index >= 15 is 0 Å². The van der Waals surface area contributed by atoms with Crippen molar-refractivity contribution < 1.29 is 9.84 Å². The summed E-state index contributed by atoms with van der Waals surface area (Å²) in [6.45, 7) is 3.57. The molecule has 3 N–H and O–H groups in total. The van der Waals surface area contributed by atoms with Crippen molar-refractivity contribution in [2.45, 2.75) is 25.8 Å². The van der Waals surface area contributed by atoms with E-state index in [1.807, 2.05) is 16.8 Å². The van der Waals surface area contributed by atoms with Gasteiger partial charge in [-0.25, -0.2) is 9.97 Å². The topological polar surface area (TPSA) is 83.7 Å². The number of nitrogens with one attached hydrogen (secondary N) is 2. The highest BCUT2D eigenvalue weighted by Gasteiger charge is 2.13. The number of ether oxygens (including phenoxy) is 1. The third kappa shape index (κ3) is 4.05. The first-order valence-corrected chi connectivity index (χ1v) is 7.22. The standard InChI is InChI=1S/C14H23N5O2/c1-3-5-15-12-9-19-7-6-16-14(19)13(18-12)17-11(4-8-20)10-21-2/h6-7,9,11,15,20H,3-5,8,10H2,1-2H3,(H,17,18). The van der Waals surface area contributed by atoms with Gasteiger partial charge in [0.1, 0.15) is 5.82 Å². The summed E-state index contributed by atoms with van der Waals surface area (Å²) in [5.74, 6) is 1.49. The zero-order chi connectivity index (χ0) is 15.1. The molecule has 0 aliphatic rings. The molecule has 1 atom stereocenters. The first-order chi connectivity index (χ1) is 10.3. The lowest BCUT2D eigenvalue weighted by molar-refractivity contribution is 0.170. The zero-order valence-electron chi connectivity index (χ0n) is 12.5. The van der Waals surface area contributed by atoms with Crippen LogP contribution in [0.2, 0.25) is 0 Å². The minimum atomic E-state index is -0.00516. The Labute approximate surface area is 124 Å². The predicted octanol–water partition coefficient (Wildman–Crippen LogP) is 1.36. The summed E-state index contributed by atoms with van der Waals surface area (Å²) in [6, 6.07) is -0.00516. The molecule has 0 amide bonds. The summed E-state index contributed by atoms with van der Waals surface area (Å²) in [7, 11) is 1.64. The first kappa shape index (κ1) is 15.5. The van der Waals surface area contributed by atoms with Crippen LogP contribution in [0.15, 0.2) is 18.6 Å². The van der Waals surface area contributed by atoms with E-state index in [9.17, 15) is 0 Å². The van der Waals surface area contributed by atoms with Gasteiger partial charge in [0.15, 0.2) is 11.5 Å². The molecule has 0 aromatic carbocycles. The Hall–Kier alpha value is -1.86. The van der Waals surface area contributed by atoms with Crippen LogP contribution >= 0.6 is 0 Å². The molecule has 0 saturated carbocycles. The number of nitrogens with zero attached hydrogens (tertiary/aromatic N) is 3. The van der Waals surface area contributed by atoms with Gasteiger partial charge in [-0.15, -0.1) is 0 Å². The quantitative estimate of drug-likeness (QED) is 0.647. The maximum atomic E-state index is 9.14. The van der Waals surface area contributed by atoms with Crippen LogP contribution in [0.25, 0.3) is 5.65 Å². The van der Waals surface area contributed by atoms with E-state index in [4.69, 9.17) is 9.84 Å². The summed E-state index contributed by atoms with van der Waals surface area (Å²) < 4.78 is 7.10. The van der Waals surface area contributed by atoms with Crippen molar-refractivity contribution in [3.05, 3.63) is 18.6 Å². The maximum absolute atomic E-state index is 9.14. The van der Waals surface area contributed by atoms with E-state index in [-0.39, 0.29) is 12.6 Å². The van der Waals surface area contributed by atoms with Crippen molar-refractivity contribution in [1.29, 1.82) is 0 Å². The van der Waals surface area contributed by atoms with Crippen LogP contribution in [0.4, 0.5) is 11.6 Å². The molecule has 0 bridgehead atoms. The molecule has 7 nitrogen and oxygen atoms in total. The van der Waals surface area contributed by atoms with Gasteiger partial charge in [-0.1, -0.05) is 6.92 Å². The molecule has 0 spiro atoms. The first-order valence-electron chi connectivity index (χ1n) is 7.22. The molecule has 2 rings (SSSR count). The van der Waals surface area contributed by atoms with E-state index in [1.165, 1.54) is 0 Å². The Kier molecular flexibility index (Phi) is 5.77. The third-order valence-corrected chi connectivity index (χ3v) is 3.12. The molecule has 2 aromatic heterocycles. The number of hydrogen-bond donors (Lipinski definition) is 3. The van der Waals surface area contributed by atoms with E-state index < -0.39 is 0 Å². The minimum Gasteiger partial charge on any atom is -0.396 e. The number of hydrogen-bond acceptors (Lipinski definition) is 6. The zero-order valence-corrected chi connectivity index (χ0v) is 12.5. The van der Waals surface area contributed by atoms with Crippen LogP contribution < -0.4 is 10.6 Å². The van der Waals surface area contributed by atoms with Gasteiger partial charge in [-0.2, -0.15) is 0 Å². The number of imidazole rings is 1. The Balaban J connectivity index is 2.24. The van der Waals surface area contributed by atoms with E-state index in [1.54, 1.807) is 13.3 Å². The normalized spacial score (nSPS) is 12.5. The van der Waals surface area contributed by atoms with E-state index in [0.717, 1.165) is 24.4 Å². The fourth-order valence-corrected chi connectivity index (χ4v) is 2.11. The van der Waals surface area contributed by atoms with Crippen molar-refractivity contribution in [1.82, 2.24) is 14.4 Å². The number of methoxy groups -OCH3 is 1. The Morgan fingerprint density at radius 3 is 3.05 bits per heavy atom. The lowest BCUT2D eigenvalue weighted by Crippen LogP contribution is -2.27. The minimum absolute atomic E-state index is 0.00516. The van der Waals surface area contributed by atoms with Gasteiger partial charge >= 0.3 is 0 Å². The van der Waals surface area contributed by atoms with Crippen molar-refractivity contribution in [2.24, 2.45) is 0 Å². The van der Waals surface area contributed by atoms with Crippen molar-refractivity contribution in [2.75, 3.05) is 37.5 Å². The Morgan fingerprint density at radius 2 is 2.33 bits per heavy atom. The van der Waals surface area contributed by atoms with Gasteiger partial charge in [0.05, 0.1) is 18.8 Å². The summed E-state index contributed by atoms with van der Waals surface area (Å²) >= 11 is 0. The SMILES string of the molecule is CCCNc1cn2ccnc2c(NC(CCO)COC)n1. The molecule has 0 aliphatic heterocycles. The number of aliphatic hydroxyl groups is 1. The van der Waals surface area contributed by atoms with Gasteiger partial charge in [0.2, 0.25) is 0 Å². The van der Waals surface area contributed by atoms with Gasteiger partial charge < -0.3 is 24.9 Å². The summed E-state index contributed by atoms with van der Waals surface area (Å²) in [6.07, 6.45) is 7.17. The molecule has 2 heterocycles. The fraction of sp³-hybridized carbons (Fsp3) is 0.571. The molecule has 1 unspecified atom stereocenters. The lowest BCUT2D eigenvalue weighted by Gasteiger charge is -2.18. The molecule has 0 aliphatic carbocycles. The second-order valence-electron chi connectivity index (χ2n) is 4.87. The van der Waals surface area contributed by atoms with Crippen LogP contribution in [0, 0.1) is 0 Å². The summed E-state index contributed by atoms with van der Waals surface area (Å²) in [5, 5.41) is 15.7. The fourth-order valence-electron chi connectivity index (χ4n) is 2.11. The van der Waals surface area contributed by atoms with Crippen LogP contribution in [-0.2, 0) is 4.74 Å². The number of aromatic nitrogens is 3. The largest absolute Gasteiger partial charge is 0.396 e. The number of anilines is 2. The van der Waals surface area contributed by atoms with Crippen LogP contribution in [0.1, 0.15) is 19.8 Å². The van der Waals surface area contributed by atoms with Gasteiger partial charge in [-0.05, 0) is 12.8 Å². The molecule has 21 heavy (non-hydrogen) atoms. The molecule has 7 heteroatoms. The van der Waals surface area contributed by atoms with Gasteiger partial charge in [0, 0.05) is 32.7 Å². The van der Waals surface area contributed by atoms with Crippen molar-refractivity contribution in [3.8, 4) is 0 Å². The van der Waals surface area contributed by atoms with E-state index in [2.05, 4.69) is 27.5 Å². The lowest BCUT2D eigenvalue weighted by atomic mass is 10.2. The smallest absolute Gasteiger partial charge is 0.180 e. The van der Waals surface area contributed by atoms with Gasteiger partial charge in [-0.3, -0.25) is 0 Å². The average Bonchev–Trinajstić information content (AvgIpc) is 2.94. The molecule has 0 fully saturated rings. The summed E-state index contributed by atoms with van der Waals surface area (Å²) in [5.41, 5.74) is 0.760.